The summed E-state index contributed by atoms with van der Waals surface area (Å²) in [7, 11) is -4.54. The van der Waals surface area contributed by atoms with E-state index >= 15 is 0 Å². The van der Waals surface area contributed by atoms with Gasteiger partial charge in [-0.2, -0.15) is 18.4 Å². The van der Waals surface area contributed by atoms with Gasteiger partial charge < -0.3 is 9.84 Å². The van der Waals surface area contributed by atoms with E-state index in [2.05, 4.69) is 0 Å². The molecule has 12 heteroatoms. The van der Waals surface area contributed by atoms with Crippen molar-refractivity contribution in [1.29, 1.82) is 5.26 Å². The lowest BCUT2D eigenvalue weighted by atomic mass is 10.1. The summed E-state index contributed by atoms with van der Waals surface area (Å²) in [6.07, 6.45) is -3.13. The van der Waals surface area contributed by atoms with Crippen LogP contribution in [0.5, 0.6) is 5.75 Å². The topological polar surface area (TPSA) is 108 Å². The highest BCUT2D eigenvalue weighted by Gasteiger charge is 2.37. The van der Waals surface area contributed by atoms with Crippen molar-refractivity contribution in [2.24, 2.45) is 0 Å². The van der Waals surface area contributed by atoms with Crippen LogP contribution in [0.15, 0.2) is 65.6 Å². The molecule has 0 saturated heterocycles. The quantitative estimate of drug-likeness (QED) is 0.293. The summed E-state index contributed by atoms with van der Waals surface area (Å²) >= 11 is 0. The number of anilines is 1. The highest BCUT2D eigenvalue weighted by molar-refractivity contribution is 7.92. The number of nitrogens with zero attached hydrogens (tertiary/aromatic N) is 2. The van der Waals surface area contributed by atoms with Gasteiger partial charge in [-0.15, -0.1) is 0 Å². The number of benzene rings is 3. The number of alkyl halides is 3. The fraction of sp³-hybridized carbons (Fsp3) is 0.185. The van der Waals surface area contributed by atoms with E-state index in [4.69, 9.17) is 15.1 Å². The van der Waals surface area contributed by atoms with Crippen molar-refractivity contribution in [3.8, 4) is 11.8 Å². The van der Waals surface area contributed by atoms with Crippen molar-refractivity contribution in [3.63, 3.8) is 0 Å². The van der Waals surface area contributed by atoms with Crippen LogP contribution in [0.2, 0.25) is 0 Å². The van der Waals surface area contributed by atoms with Crippen LogP contribution in [0.3, 0.4) is 0 Å². The van der Waals surface area contributed by atoms with Gasteiger partial charge in [-0.1, -0.05) is 36.4 Å². The van der Waals surface area contributed by atoms with Gasteiger partial charge in [0.25, 0.3) is 10.0 Å². The van der Waals surface area contributed by atoms with Crippen molar-refractivity contribution in [3.05, 3.63) is 88.7 Å². The molecule has 0 aromatic heterocycles. The number of carboxylic acid groups (broad SMARTS) is 1. The van der Waals surface area contributed by atoms with E-state index < -0.39 is 44.5 Å². The number of aliphatic carboxylic acids is 1. The minimum atomic E-state index is -4.77. The fourth-order valence-electron chi connectivity index (χ4n) is 4.01. The Balaban J connectivity index is 1.76. The van der Waals surface area contributed by atoms with Gasteiger partial charge >= 0.3 is 12.1 Å². The molecule has 0 amide bonds. The fourth-order valence-corrected chi connectivity index (χ4v) is 5.55. The van der Waals surface area contributed by atoms with Gasteiger partial charge in [0.2, 0.25) is 0 Å². The average Bonchev–Trinajstić information content (AvgIpc) is 2.90. The first-order valence-electron chi connectivity index (χ1n) is 11.5. The van der Waals surface area contributed by atoms with Gasteiger partial charge in [0.1, 0.15) is 23.7 Å². The van der Waals surface area contributed by atoms with Crippen LogP contribution in [0, 0.1) is 17.1 Å². The lowest BCUT2D eigenvalue weighted by Gasteiger charge is -2.35. The van der Waals surface area contributed by atoms with Gasteiger partial charge in [-0.05, 0) is 48.4 Å². The summed E-state index contributed by atoms with van der Waals surface area (Å²) in [5.74, 6) is -1.76. The smallest absolute Gasteiger partial charge is 0.416 e. The van der Waals surface area contributed by atoms with Gasteiger partial charge in [0.05, 0.1) is 28.3 Å². The lowest BCUT2D eigenvalue weighted by molar-refractivity contribution is -0.138. The second-order valence-electron chi connectivity index (χ2n) is 8.62. The molecule has 0 radical (unpaired) electrons. The summed E-state index contributed by atoms with van der Waals surface area (Å²) in [5, 5.41) is 18.1. The van der Waals surface area contributed by atoms with E-state index in [1.807, 2.05) is 0 Å². The summed E-state index contributed by atoms with van der Waals surface area (Å²) in [4.78, 5) is 10.5. The molecule has 1 aliphatic heterocycles. The molecule has 3 aromatic carbocycles. The molecule has 0 spiro atoms. The second-order valence-corrected chi connectivity index (χ2v) is 10.5. The Hall–Kier alpha value is -4.37. The third-order valence-corrected chi connectivity index (χ3v) is 7.72. The first kappa shape index (κ1) is 27.7. The van der Waals surface area contributed by atoms with Crippen molar-refractivity contribution in [2.75, 3.05) is 10.8 Å². The van der Waals surface area contributed by atoms with Crippen molar-refractivity contribution in [2.45, 2.75) is 30.0 Å². The van der Waals surface area contributed by atoms with Crippen molar-refractivity contribution >= 4 is 33.8 Å². The molecule has 202 valence electrons. The second kappa shape index (κ2) is 10.8. The predicted molar refractivity (Wildman–Crippen MR) is 134 cm³/mol. The van der Waals surface area contributed by atoms with Gasteiger partial charge in [-0.25, -0.2) is 12.8 Å². The van der Waals surface area contributed by atoms with Crippen LogP contribution in [-0.4, -0.2) is 32.1 Å². The Kier molecular flexibility index (Phi) is 7.65. The predicted octanol–water partition coefficient (Wildman–Crippen LogP) is 5.71. The largest absolute Gasteiger partial charge is 0.486 e. The van der Waals surface area contributed by atoms with E-state index in [1.54, 1.807) is 12.1 Å². The molecule has 3 aromatic rings. The molecule has 0 aliphatic carbocycles. The normalized spacial score (nSPS) is 15.5. The van der Waals surface area contributed by atoms with Crippen LogP contribution >= 0.6 is 0 Å². The summed E-state index contributed by atoms with van der Waals surface area (Å²) in [6, 6.07) is 13.7. The number of hydrogen-bond donors (Lipinski definition) is 1. The molecule has 1 N–H and O–H groups in total. The zero-order valence-corrected chi connectivity index (χ0v) is 20.8. The number of hydrogen-bond acceptors (Lipinski definition) is 5. The number of ether oxygens (including phenoxy) is 1. The minimum Gasteiger partial charge on any atom is -0.486 e. The Morgan fingerprint density at radius 2 is 1.87 bits per heavy atom. The van der Waals surface area contributed by atoms with Gasteiger partial charge in [0.15, 0.2) is 0 Å². The minimum absolute atomic E-state index is 0.0207. The third-order valence-electron chi connectivity index (χ3n) is 5.95. The summed E-state index contributed by atoms with van der Waals surface area (Å²) in [5.41, 5.74) is -0.746. The molecule has 7 nitrogen and oxygen atoms in total. The number of halogens is 4. The van der Waals surface area contributed by atoms with E-state index in [0.29, 0.717) is 11.6 Å². The summed E-state index contributed by atoms with van der Waals surface area (Å²) in [6.45, 7) is -0.342. The monoisotopic (exact) mass is 560 g/mol. The molecule has 0 bridgehead atoms. The molecule has 1 aliphatic rings. The first-order chi connectivity index (χ1) is 18.4. The molecule has 0 saturated carbocycles. The van der Waals surface area contributed by atoms with E-state index in [1.165, 1.54) is 42.5 Å². The molecule has 1 atom stereocenters. The van der Waals surface area contributed by atoms with E-state index in [-0.39, 0.29) is 42.0 Å². The van der Waals surface area contributed by atoms with Crippen LogP contribution in [0.25, 0.3) is 12.2 Å². The first-order valence-corrected chi connectivity index (χ1v) is 12.9. The molecule has 1 heterocycles. The molecule has 0 fully saturated rings. The maximum atomic E-state index is 14.4. The highest BCUT2D eigenvalue weighted by atomic mass is 32.2. The number of rotatable bonds is 7. The maximum absolute atomic E-state index is 14.4. The zero-order valence-electron chi connectivity index (χ0n) is 20.0. The maximum Gasteiger partial charge on any atom is 0.416 e. The number of fused-ring (bicyclic) bond motifs is 1. The third kappa shape index (κ3) is 6.04. The van der Waals surface area contributed by atoms with E-state index in [9.17, 15) is 30.8 Å². The highest BCUT2D eigenvalue weighted by Crippen LogP contribution is 2.40. The van der Waals surface area contributed by atoms with Gasteiger partial charge in [-0.3, -0.25) is 9.10 Å². The average molecular weight is 561 g/mol. The molecule has 39 heavy (non-hydrogen) atoms. The molecule has 4 rings (SSSR count). The molecular formula is C27H20F4N2O5S. The Labute approximate surface area is 221 Å². The summed E-state index contributed by atoms with van der Waals surface area (Å²) < 4.78 is 88.2. The van der Waals surface area contributed by atoms with Gasteiger partial charge in [0, 0.05) is 12.0 Å². The SMILES string of the molecule is N#Cc1cccc(/C=C/c2ccc3c(c2)N(S(=O)(=O)c2cccc(C(F)(F)F)c2)C[C@H](CCC(=O)O)O3)c1F. The van der Waals surface area contributed by atoms with Crippen LogP contribution < -0.4 is 9.04 Å². The standard InChI is InChI=1S/C27H20F4N2O5S/c28-26-18(3-1-4-19(26)15-32)9-7-17-8-11-24-23(13-17)33(16-21(38-24)10-12-25(34)35)39(36,37)22-6-2-5-20(14-22)27(29,30)31/h1-9,11,13-14,21H,10,12,16H2,(H,34,35)/b9-7+/t21-/m0/s1. The lowest BCUT2D eigenvalue weighted by Crippen LogP contribution is -2.43. The van der Waals surface area contributed by atoms with Crippen LogP contribution in [-0.2, 0) is 21.0 Å². The number of sulfonamides is 1. The number of carboxylic acids is 1. The Bertz CT molecular complexity index is 1600. The molecular weight excluding hydrogens is 540 g/mol. The van der Waals surface area contributed by atoms with Crippen LogP contribution in [0.4, 0.5) is 23.2 Å². The number of carbonyl (C=O) groups is 1. The van der Waals surface area contributed by atoms with E-state index in [0.717, 1.165) is 22.5 Å². The Morgan fingerprint density at radius 1 is 1.13 bits per heavy atom. The van der Waals surface area contributed by atoms with Crippen molar-refractivity contribution < 1.29 is 40.6 Å². The van der Waals surface area contributed by atoms with Crippen molar-refractivity contribution in [1.82, 2.24) is 0 Å². The molecule has 0 unspecified atom stereocenters. The zero-order chi connectivity index (χ0) is 28.4. The van der Waals surface area contributed by atoms with Crippen LogP contribution in [0.1, 0.15) is 35.1 Å². The Morgan fingerprint density at radius 3 is 2.56 bits per heavy atom. The number of nitriles is 1.